The fourth-order valence-corrected chi connectivity index (χ4v) is 2.67. The van der Waals surface area contributed by atoms with Gasteiger partial charge in [-0.05, 0) is 18.8 Å². The van der Waals surface area contributed by atoms with Crippen molar-refractivity contribution in [3.05, 3.63) is 0 Å². The molecule has 0 aromatic carbocycles. The van der Waals surface area contributed by atoms with Crippen molar-refractivity contribution in [2.45, 2.75) is 39.0 Å². The first-order valence-corrected chi connectivity index (χ1v) is 4.68. The molecule has 0 heterocycles. The highest BCUT2D eigenvalue weighted by molar-refractivity contribution is 5.95. The van der Waals surface area contributed by atoms with Crippen molar-refractivity contribution >= 4 is 11.6 Å². The predicted octanol–water partition coefficient (Wildman–Crippen LogP) is 1.72. The number of hydrogen-bond donors (Lipinski definition) is 0. The van der Waals surface area contributed by atoms with Gasteiger partial charge in [0.1, 0.15) is 11.6 Å². The van der Waals surface area contributed by atoms with Gasteiger partial charge in [0, 0.05) is 24.7 Å². The molecule has 2 saturated carbocycles. The van der Waals surface area contributed by atoms with Crippen molar-refractivity contribution in [2.24, 2.45) is 11.3 Å². The Morgan fingerprint density at radius 3 is 2.83 bits per heavy atom. The maximum atomic E-state index is 11.6. The van der Waals surface area contributed by atoms with Gasteiger partial charge in [0.2, 0.25) is 0 Å². The van der Waals surface area contributed by atoms with Gasteiger partial charge in [-0.2, -0.15) is 0 Å². The van der Waals surface area contributed by atoms with Crippen LogP contribution in [0.4, 0.5) is 0 Å². The molecule has 0 saturated heterocycles. The zero-order chi connectivity index (χ0) is 8.77. The van der Waals surface area contributed by atoms with E-state index in [0.717, 1.165) is 12.8 Å². The molecular weight excluding hydrogens is 152 g/mol. The Morgan fingerprint density at radius 2 is 2.17 bits per heavy atom. The standard InChI is InChI=1S/C10H14O2/c1-10-6-8(11)5-7(10)3-2-4-9(10)12/h7H,2-6H2,1H3/t7-,10+/m1/s1. The van der Waals surface area contributed by atoms with Crippen LogP contribution < -0.4 is 0 Å². The highest BCUT2D eigenvalue weighted by Gasteiger charge is 2.49. The van der Waals surface area contributed by atoms with Crippen LogP contribution in [0.5, 0.6) is 0 Å². The summed E-state index contributed by atoms with van der Waals surface area (Å²) >= 11 is 0. The van der Waals surface area contributed by atoms with Crippen molar-refractivity contribution < 1.29 is 9.59 Å². The molecular formula is C10H14O2. The smallest absolute Gasteiger partial charge is 0.139 e. The summed E-state index contributed by atoms with van der Waals surface area (Å²) < 4.78 is 0. The van der Waals surface area contributed by atoms with Gasteiger partial charge in [-0.15, -0.1) is 0 Å². The lowest BCUT2D eigenvalue weighted by Gasteiger charge is -2.33. The predicted molar refractivity (Wildman–Crippen MR) is 44.7 cm³/mol. The average molecular weight is 166 g/mol. The number of fused-ring (bicyclic) bond motifs is 1. The lowest BCUT2D eigenvalue weighted by molar-refractivity contribution is -0.133. The summed E-state index contributed by atoms with van der Waals surface area (Å²) in [5.41, 5.74) is -0.269. The number of rotatable bonds is 0. The summed E-state index contributed by atoms with van der Waals surface area (Å²) in [6.07, 6.45) is 3.93. The Kier molecular flexibility index (Phi) is 1.60. The maximum Gasteiger partial charge on any atom is 0.139 e. The first-order valence-electron chi connectivity index (χ1n) is 4.68. The van der Waals surface area contributed by atoms with Gasteiger partial charge < -0.3 is 0 Å². The highest BCUT2D eigenvalue weighted by Crippen LogP contribution is 2.48. The van der Waals surface area contributed by atoms with Crippen LogP contribution in [0.25, 0.3) is 0 Å². The largest absolute Gasteiger partial charge is 0.300 e. The van der Waals surface area contributed by atoms with Crippen molar-refractivity contribution in [1.82, 2.24) is 0 Å². The summed E-state index contributed by atoms with van der Waals surface area (Å²) in [6.45, 7) is 1.98. The van der Waals surface area contributed by atoms with E-state index in [1.807, 2.05) is 6.92 Å². The molecule has 0 N–H and O–H groups in total. The summed E-state index contributed by atoms with van der Waals surface area (Å²) in [4.78, 5) is 22.8. The number of hydrogen-bond acceptors (Lipinski definition) is 2. The molecule has 2 aliphatic rings. The molecule has 0 amide bonds. The zero-order valence-electron chi connectivity index (χ0n) is 7.43. The third-order valence-electron chi connectivity index (χ3n) is 3.53. The average Bonchev–Trinajstić information content (AvgIpc) is 2.27. The van der Waals surface area contributed by atoms with E-state index in [9.17, 15) is 9.59 Å². The lowest BCUT2D eigenvalue weighted by Crippen LogP contribution is -2.35. The molecule has 0 spiro atoms. The summed E-state index contributed by atoms with van der Waals surface area (Å²) in [5.74, 6) is 0.980. The molecule has 2 fully saturated rings. The van der Waals surface area contributed by atoms with Crippen LogP contribution in [0, 0.1) is 11.3 Å². The lowest BCUT2D eigenvalue weighted by atomic mass is 9.69. The molecule has 0 aliphatic heterocycles. The molecule has 2 rings (SSSR count). The fourth-order valence-electron chi connectivity index (χ4n) is 2.67. The van der Waals surface area contributed by atoms with Gasteiger partial charge in [0.15, 0.2) is 0 Å². The van der Waals surface area contributed by atoms with Gasteiger partial charge in [0.25, 0.3) is 0 Å². The Hall–Kier alpha value is -0.660. The van der Waals surface area contributed by atoms with Crippen LogP contribution in [0.2, 0.25) is 0 Å². The molecule has 0 radical (unpaired) electrons. The minimum atomic E-state index is -0.269. The van der Waals surface area contributed by atoms with Crippen molar-refractivity contribution in [1.29, 1.82) is 0 Å². The summed E-state index contributed by atoms with van der Waals surface area (Å²) in [5, 5.41) is 0. The molecule has 0 bridgehead atoms. The first-order chi connectivity index (χ1) is 5.63. The van der Waals surface area contributed by atoms with Crippen molar-refractivity contribution in [3.63, 3.8) is 0 Å². The second kappa shape index (κ2) is 2.41. The minimum Gasteiger partial charge on any atom is -0.300 e. The van der Waals surface area contributed by atoms with E-state index in [1.54, 1.807) is 0 Å². The Labute approximate surface area is 72.3 Å². The number of Topliss-reactive ketones (excluding diaryl/α,β-unsaturated/α-hetero) is 2. The maximum absolute atomic E-state index is 11.6. The highest BCUT2D eigenvalue weighted by atomic mass is 16.1. The molecule has 0 aromatic rings. The SMILES string of the molecule is C[C@]12CC(=O)C[C@H]1CCCC2=O. The van der Waals surface area contributed by atoms with Crippen LogP contribution in [-0.2, 0) is 9.59 Å². The van der Waals surface area contributed by atoms with E-state index in [1.165, 1.54) is 0 Å². The molecule has 0 aromatic heterocycles. The summed E-state index contributed by atoms with van der Waals surface area (Å²) in [7, 11) is 0. The molecule has 0 unspecified atom stereocenters. The number of ketones is 2. The second-order valence-corrected chi connectivity index (χ2v) is 4.35. The molecule has 66 valence electrons. The van der Waals surface area contributed by atoms with Crippen molar-refractivity contribution in [3.8, 4) is 0 Å². The Morgan fingerprint density at radius 1 is 1.42 bits per heavy atom. The molecule has 2 aliphatic carbocycles. The Balaban J connectivity index is 2.29. The fraction of sp³-hybridized carbons (Fsp3) is 0.800. The quantitative estimate of drug-likeness (QED) is 0.549. The van der Waals surface area contributed by atoms with E-state index >= 15 is 0 Å². The first kappa shape index (κ1) is 7.96. The summed E-state index contributed by atoms with van der Waals surface area (Å²) in [6, 6.07) is 0. The van der Waals surface area contributed by atoms with Crippen LogP contribution in [0.3, 0.4) is 0 Å². The van der Waals surface area contributed by atoms with Gasteiger partial charge in [-0.1, -0.05) is 6.92 Å². The zero-order valence-corrected chi connectivity index (χ0v) is 7.43. The van der Waals surface area contributed by atoms with Gasteiger partial charge in [0.05, 0.1) is 0 Å². The van der Waals surface area contributed by atoms with E-state index in [2.05, 4.69) is 0 Å². The molecule has 2 heteroatoms. The molecule has 12 heavy (non-hydrogen) atoms. The van der Waals surface area contributed by atoms with E-state index in [-0.39, 0.29) is 11.2 Å². The topological polar surface area (TPSA) is 34.1 Å². The van der Waals surface area contributed by atoms with Crippen LogP contribution in [0.15, 0.2) is 0 Å². The van der Waals surface area contributed by atoms with E-state index in [4.69, 9.17) is 0 Å². The van der Waals surface area contributed by atoms with Crippen LogP contribution >= 0.6 is 0 Å². The van der Waals surface area contributed by atoms with Crippen LogP contribution in [0.1, 0.15) is 39.0 Å². The van der Waals surface area contributed by atoms with E-state index < -0.39 is 0 Å². The van der Waals surface area contributed by atoms with Gasteiger partial charge >= 0.3 is 0 Å². The number of carbonyl (C=O) groups excluding carboxylic acids is 2. The molecule has 2 atom stereocenters. The van der Waals surface area contributed by atoms with Crippen molar-refractivity contribution in [2.75, 3.05) is 0 Å². The third-order valence-corrected chi connectivity index (χ3v) is 3.53. The third kappa shape index (κ3) is 0.936. The monoisotopic (exact) mass is 166 g/mol. The number of carbonyl (C=O) groups is 2. The van der Waals surface area contributed by atoms with Gasteiger partial charge in [-0.25, -0.2) is 0 Å². The Bertz CT molecular complexity index is 244. The minimum absolute atomic E-state index is 0.269. The van der Waals surface area contributed by atoms with Crippen LogP contribution in [-0.4, -0.2) is 11.6 Å². The molecule has 2 nitrogen and oxygen atoms in total. The second-order valence-electron chi connectivity index (χ2n) is 4.35. The normalized spacial score (nSPS) is 41.6. The van der Waals surface area contributed by atoms with Gasteiger partial charge in [-0.3, -0.25) is 9.59 Å². The van der Waals surface area contributed by atoms with E-state index in [0.29, 0.717) is 31.0 Å².